The molecule has 0 atom stereocenters. The molecule has 0 fully saturated rings. The number of hydrogen-bond donors (Lipinski definition) is 1. The molecule has 0 aliphatic heterocycles. The highest BCUT2D eigenvalue weighted by Gasteiger charge is 2.24. The molecule has 23 heavy (non-hydrogen) atoms. The minimum atomic E-state index is -0.448. The summed E-state index contributed by atoms with van der Waals surface area (Å²) in [5.41, 5.74) is 0.906. The Morgan fingerprint density at radius 2 is 2.13 bits per heavy atom. The summed E-state index contributed by atoms with van der Waals surface area (Å²) in [6, 6.07) is 6.55. The largest absolute Gasteiger partial charge is 0.423 e. The second-order valence-corrected chi connectivity index (χ2v) is 5.44. The predicted molar refractivity (Wildman–Crippen MR) is 83.9 cm³/mol. The molecule has 0 bridgehead atoms. The van der Waals surface area contributed by atoms with Crippen LogP contribution in [0.5, 0.6) is 5.75 Å². The number of ketones is 1. The number of halogens is 1. The normalized spacial score (nSPS) is 10.9. The van der Waals surface area contributed by atoms with Crippen LogP contribution in [0.25, 0.3) is 10.9 Å². The van der Waals surface area contributed by atoms with Gasteiger partial charge in [0.05, 0.1) is 0 Å². The van der Waals surface area contributed by atoms with Crippen LogP contribution >= 0.6 is 11.6 Å². The number of carbonyl (C=O) groups is 2. The smallest absolute Gasteiger partial charge is 0.310 e. The van der Waals surface area contributed by atoms with Gasteiger partial charge in [-0.25, -0.2) is 0 Å². The molecular formula is C16H13ClN2O4. The van der Waals surface area contributed by atoms with Gasteiger partial charge >= 0.3 is 5.97 Å². The van der Waals surface area contributed by atoms with E-state index in [2.05, 4.69) is 10.1 Å². The number of rotatable bonds is 4. The highest BCUT2D eigenvalue weighted by Crippen LogP contribution is 2.33. The molecule has 2 aromatic heterocycles. The van der Waals surface area contributed by atoms with Gasteiger partial charge in [-0.2, -0.15) is 0 Å². The molecule has 3 aromatic rings. The third kappa shape index (κ3) is 2.85. The molecule has 3 rings (SSSR count). The van der Waals surface area contributed by atoms with Crippen molar-refractivity contribution in [2.45, 2.75) is 20.3 Å². The molecule has 0 unspecified atom stereocenters. The fourth-order valence-electron chi connectivity index (χ4n) is 2.19. The molecule has 0 aliphatic carbocycles. The first-order valence-corrected chi connectivity index (χ1v) is 7.37. The molecule has 1 aromatic carbocycles. The van der Waals surface area contributed by atoms with Crippen molar-refractivity contribution in [3.63, 3.8) is 0 Å². The number of benzene rings is 1. The van der Waals surface area contributed by atoms with Crippen LogP contribution in [0.1, 0.15) is 35.3 Å². The predicted octanol–water partition coefficient (Wildman–Crippen LogP) is 3.66. The van der Waals surface area contributed by atoms with Crippen molar-refractivity contribution in [1.29, 1.82) is 0 Å². The number of hydrogen-bond acceptors (Lipinski definition) is 5. The lowest BCUT2D eigenvalue weighted by Crippen LogP contribution is -2.10. The first-order chi connectivity index (χ1) is 11.0. The number of aromatic amines is 1. The molecule has 0 aliphatic rings. The summed E-state index contributed by atoms with van der Waals surface area (Å²) in [5.74, 6) is -0.205. The van der Waals surface area contributed by atoms with Crippen LogP contribution in [0.4, 0.5) is 0 Å². The van der Waals surface area contributed by atoms with Gasteiger partial charge in [0, 0.05) is 28.4 Å². The van der Waals surface area contributed by atoms with E-state index in [0.717, 1.165) is 0 Å². The van der Waals surface area contributed by atoms with Gasteiger partial charge in [-0.15, -0.1) is 0 Å². The van der Waals surface area contributed by atoms with Gasteiger partial charge < -0.3 is 14.2 Å². The average molecular weight is 333 g/mol. The van der Waals surface area contributed by atoms with Gasteiger partial charge in [-0.3, -0.25) is 9.59 Å². The Balaban J connectivity index is 2.16. The van der Waals surface area contributed by atoms with Crippen molar-refractivity contribution in [2.24, 2.45) is 0 Å². The van der Waals surface area contributed by atoms with Gasteiger partial charge in [0.2, 0.25) is 5.78 Å². The lowest BCUT2D eigenvalue weighted by molar-refractivity contribution is -0.133. The van der Waals surface area contributed by atoms with Gasteiger partial charge in [-0.1, -0.05) is 23.7 Å². The van der Waals surface area contributed by atoms with Crippen LogP contribution < -0.4 is 4.74 Å². The number of esters is 1. The molecular weight excluding hydrogens is 320 g/mol. The minimum Gasteiger partial charge on any atom is -0.423 e. The number of nitrogens with zero attached hydrogens (tertiary/aromatic N) is 1. The van der Waals surface area contributed by atoms with Gasteiger partial charge in [0.1, 0.15) is 11.5 Å². The van der Waals surface area contributed by atoms with Crippen molar-refractivity contribution in [3.8, 4) is 5.75 Å². The molecule has 6 nitrogen and oxygen atoms in total. The Morgan fingerprint density at radius 1 is 1.35 bits per heavy atom. The monoisotopic (exact) mass is 332 g/mol. The average Bonchev–Trinajstić information content (AvgIpc) is 3.11. The molecule has 7 heteroatoms. The minimum absolute atomic E-state index is 0.133. The Kier molecular flexibility index (Phi) is 3.92. The maximum Gasteiger partial charge on any atom is 0.310 e. The summed E-state index contributed by atoms with van der Waals surface area (Å²) in [6.07, 6.45) is 0.184. The second-order valence-electron chi connectivity index (χ2n) is 5.00. The fourth-order valence-corrected chi connectivity index (χ4v) is 2.36. The van der Waals surface area contributed by atoms with E-state index in [1.807, 2.05) is 0 Å². The van der Waals surface area contributed by atoms with Crippen LogP contribution in [0.2, 0.25) is 5.02 Å². The van der Waals surface area contributed by atoms with Gasteiger partial charge in [0.15, 0.2) is 11.4 Å². The number of aromatic nitrogens is 2. The van der Waals surface area contributed by atoms with Gasteiger partial charge in [0.25, 0.3) is 0 Å². The van der Waals surface area contributed by atoms with Crippen LogP contribution in [0.3, 0.4) is 0 Å². The van der Waals surface area contributed by atoms with Crippen molar-refractivity contribution in [2.75, 3.05) is 0 Å². The Bertz CT molecular complexity index is 910. The fraction of sp³-hybridized carbons (Fsp3) is 0.188. The third-order valence-electron chi connectivity index (χ3n) is 3.31. The van der Waals surface area contributed by atoms with Crippen molar-refractivity contribution < 1.29 is 18.8 Å². The zero-order chi connectivity index (χ0) is 16.6. The topological polar surface area (TPSA) is 85.2 Å². The SMILES string of the molecule is CCC(=O)Oc1c(C(=O)c2cc(C)on2)[nH]c2ccc(Cl)cc12. The van der Waals surface area contributed by atoms with Crippen LogP contribution in [-0.4, -0.2) is 21.9 Å². The zero-order valence-corrected chi connectivity index (χ0v) is 13.2. The molecule has 0 spiro atoms. The summed E-state index contributed by atoms with van der Waals surface area (Å²) in [4.78, 5) is 27.3. The summed E-state index contributed by atoms with van der Waals surface area (Å²) in [7, 11) is 0. The summed E-state index contributed by atoms with van der Waals surface area (Å²) >= 11 is 6.00. The molecule has 0 saturated carbocycles. The van der Waals surface area contributed by atoms with Crippen LogP contribution in [0, 0.1) is 6.92 Å². The Labute approximate surface area is 136 Å². The van der Waals surface area contributed by atoms with E-state index in [1.165, 1.54) is 6.07 Å². The standard InChI is InChI=1S/C16H13ClN2O4/c1-3-13(20)22-16-10-7-9(17)4-5-11(10)18-14(16)15(21)12-6-8(2)23-19-12/h4-7,18H,3H2,1-2H3. The third-order valence-corrected chi connectivity index (χ3v) is 3.54. The quantitative estimate of drug-likeness (QED) is 0.582. The number of ether oxygens (including phenoxy) is 1. The second kappa shape index (κ2) is 5.89. The Morgan fingerprint density at radius 3 is 2.78 bits per heavy atom. The van der Waals surface area contributed by atoms with E-state index < -0.39 is 11.8 Å². The summed E-state index contributed by atoms with van der Waals surface area (Å²) < 4.78 is 10.3. The van der Waals surface area contributed by atoms with Crippen LogP contribution in [-0.2, 0) is 4.79 Å². The first-order valence-electron chi connectivity index (χ1n) is 6.99. The van der Waals surface area contributed by atoms with E-state index in [0.29, 0.717) is 21.7 Å². The first kappa shape index (κ1) is 15.3. The molecule has 0 amide bonds. The lowest BCUT2D eigenvalue weighted by Gasteiger charge is -2.03. The zero-order valence-electron chi connectivity index (χ0n) is 12.5. The molecule has 1 N–H and O–H groups in total. The number of fused-ring (bicyclic) bond motifs is 1. The molecule has 0 radical (unpaired) electrons. The molecule has 118 valence electrons. The van der Waals surface area contributed by atoms with E-state index >= 15 is 0 Å². The van der Waals surface area contributed by atoms with E-state index in [1.54, 1.807) is 32.0 Å². The highest BCUT2D eigenvalue weighted by molar-refractivity contribution is 6.31. The van der Waals surface area contributed by atoms with Crippen LogP contribution in [0.15, 0.2) is 28.8 Å². The number of H-pyrrole nitrogens is 1. The summed E-state index contributed by atoms with van der Waals surface area (Å²) in [5, 5.41) is 4.74. The number of aryl methyl sites for hydroxylation is 1. The van der Waals surface area contributed by atoms with Gasteiger partial charge in [-0.05, 0) is 25.1 Å². The van der Waals surface area contributed by atoms with E-state index in [9.17, 15) is 9.59 Å². The van der Waals surface area contributed by atoms with Crippen molar-refractivity contribution in [1.82, 2.24) is 10.1 Å². The van der Waals surface area contributed by atoms with Crippen molar-refractivity contribution >= 4 is 34.3 Å². The number of nitrogens with one attached hydrogen (secondary N) is 1. The maximum absolute atomic E-state index is 12.6. The van der Waals surface area contributed by atoms with Crippen molar-refractivity contribution in [3.05, 3.63) is 46.4 Å². The van der Waals surface area contributed by atoms with E-state index in [4.69, 9.17) is 20.9 Å². The molecule has 2 heterocycles. The lowest BCUT2D eigenvalue weighted by atomic mass is 10.1. The Hall–Kier alpha value is -2.60. The van der Waals surface area contributed by atoms with E-state index in [-0.39, 0.29) is 23.6 Å². The molecule has 0 saturated heterocycles. The maximum atomic E-state index is 12.6. The highest BCUT2D eigenvalue weighted by atomic mass is 35.5. The number of carbonyl (C=O) groups excluding carboxylic acids is 2. The summed E-state index contributed by atoms with van der Waals surface area (Å²) in [6.45, 7) is 3.36.